The fraction of sp³-hybridized carbons (Fsp3) is 0.542. The second-order valence-corrected chi connectivity index (χ2v) is 10.1. The number of aryl methyl sites for hydroxylation is 2. The third-order valence-electron chi connectivity index (χ3n) is 7.43. The Balaban J connectivity index is 1.39. The molecule has 0 unspecified atom stereocenters. The Bertz CT molecular complexity index is 1190. The minimum absolute atomic E-state index is 0.111. The van der Waals surface area contributed by atoms with Gasteiger partial charge in [-0.2, -0.15) is 5.10 Å². The number of nitrogens with zero attached hydrogens (tertiary/aromatic N) is 5. The average Bonchev–Trinajstić information content (AvgIpc) is 3.28. The van der Waals surface area contributed by atoms with E-state index in [2.05, 4.69) is 39.1 Å². The van der Waals surface area contributed by atoms with Crippen LogP contribution in [0.15, 0.2) is 24.4 Å². The molecular weight excluding hydrogens is 443 g/mol. The summed E-state index contributed by atoms with van der Waals surface area (Å²) in [5.41, 5.74) is 2.35. The number of aromatic nitrogens is 4. The molecule has 2 aromatic heterocycles. The van der Waals surface area contributed by atoms with Crippen LogP contribution in [0.2, 0.25) is 5.02 Å². The number of alkyl halides is 1. The number of benzene rings is 1. The number of ether oxygens (including phenoxy) is 1. The fourth-order valence-corrected chi connectivity index (χ4v) is 5.45. The van der Waals surface area contributed by atoms with Gasteiger partial charge in [-0.05, 0) is 50.4 Å². The summed E-state index contributed by atoms with van der Waals surface area (Å²) in [5.74, 6) is 1.39. The molecule has 4 atom stereocenters. The molecule has 0 radical (unpaired) electrons. The Kier molecular flexibility index (Phi) is 5.79. The highest BCUT2D eigenvalue weighted by atomic mass is 35.5. The van der Waals surface area contributed by atoms with Gasteiger partial charge in [-0.1, -0.05) is 18.5 Å². The molecule has 0 saturated carbocycles. The molecule has 33 heavy (non-hydrogen) atoms. The van der Waals surface area contributed by atoms with Crippen LogP contribution in [-0.2, 0) is 11.8 Å². The number of halogens is 2. The maximum absolute atomic E-state index is 15.5. The first kappa shape index (κ1) is 22.5. The molecular formula is C24H30ClFN6O. The van der Waals surface area contributed by atoms with Crippen molar-refractivity contribution in [1.29, 1.82) is 0 Å². The highest BCUT2D eigenvalue weighted by Crippen LogP contribution is 2.40. The molecule has 0 bridgehead atoms. The number of hydrogen-bond acceptors (Lipinski definition) is 6. The van der Waals surface area contributed by atoms with Crippen LogP contribution in [0.25, 0.3) is 10.9 Å². The molecule has 3 aromatic rings. The topological polar surface area (TPSA) is 68.1 Å². The number of likely N-dealkylation sites (tertiary alicyclic amines) is 1. The van der Waals surface area contributed by atoms with Crippen molar-refractivity contribution >= 4 is 34.3 Å². The van der Waals surface area contributed by atoms with Crippen molar-refractivity contribution in [2.45, 2.75) is 44.8 Å². The lowest BCUT2D eigenvalue weighted by molar-refractivity contribution is 0.00986. The van der Waals surface area contributed by atoms with Gasteiger partial charge < -0.3 is 10.1 Å². The predicted molar refractivity (Wildman–Crippen MR) is 128 cm³/mol. The zero-order chi connectivity index (χ0) is 23.3. The van der Waals surface area contributed by atoms with E-state index in [4.69, 9.17) is 16.3 Å². The third kappa shape index (κ3) is 4.09. The van der Waals surface area contributed by atoms with Crippen molar-refractivity contribution in [3.63, 3.8) is 0 Å². The van der Waals surface area contributed by atoms with E-state index < -0.39 is 6.17 Å². The number of piperidine rings is 1. The quantitative estimate of drug-likeness (QED) is 0.597. The maximum Gasteiger partial charge on any atom is 0.228 e. The highest BCUT2D eigenvalue weighted by Gasteiger charge is 2.45. The smallest absolute Gasteiger partial charge is 0.228 e. The molecule has 7 nitrogen and oxygen atoms in total. The molecule has 2 saturated heterocycles. The van der Waals surface area contributed by atoms with Gasteiger partial charge in [-0.15, -0.1) is 0 Å². The van der Waals surface area contributed by atoms with Gasteiger partial charge in [-0.3, -0.25) is 9.58 Å². The molecule has 1 N–H and O–H groups in total. The van der Waals surface area contributed by atoms with Crippen LogP contribution in [0.5, 0.6) is 0 Å². The van der Waals surface area contributed by atoms with E-state index in [1.807, 2.05) is 32.2 Å². The first-order chi connectivity index (χ1) is 15.7. The summed E-state index contributed by atoms with van der Waals surface area (Å²) in [6.45, 7) is 8.91. The van der Waals surface area contributed by atoms with Gasteiger partial charge in [0.15, 0.2) is 0 Å². The normalized spacial score (nSPS) is 28.5. The van der Waals surface area contributed by atoms with Crippen molar-refractivity contribution in [1.82, 2.24) is 24.6 Å². The molecule has 1 aromatic carbocycles. The van der Waals surface area contributed by atoms with E-state index >= 15 is 4.39 Å². The molecule has 0 spiro atoms. The van der Waals surface area contributed by atoms with Crippen molar-refractivity contribution in [3.8, 4) is 0 Å². The van der Waals surface area contributed by atoms with Crippen LogP contribution in [0, 0.1) is 12.8 Å². The van der Waals surface area contributed by atoms with Crippen molar-refractivity contribution in [3.05, 3.63) is 40.7 Å². The third-order valence-corrected chi connectivity index (χ3v) is 7.75. The first-order valence-corrected chi connectivity index (χ1v) is 11.8. The maximum atomic E-state index is 15.5. The molecule has 2 aliphatic heterocycles. The number of nitrogens with one attached hydrogen (secondary N) is 1. The second kappa shape index (κ2) is 8.49. The standard InChI is InChI=1S/C24H30ClFN6O/c1-14-12-33-13-24(14,3)32-6-5-17(20(26)11-32)18-9-21-16(8-19(18)25)10-27-23(28-21)29-22-7-15(2)30-31(22)4/h7-10,14,17,20H,5-6,11-13H2,1-4H3,(H,27,28,29)/t14-,17+,20-,24+/m1/s1. The largest absolute Gasteiger partial charge is 0.379 e. The molecule has 9 heteroatoms. The zero-order valence-corrected chi connectivity index (χ0v) is 20.2. The molecule has 176 valence electrons. The summed E-state index contributed by atoms with van der Waals surface area (Å²) < 4.78 is 23.0. The van der Waals surface area contributed by atoms with Crippen LogP contribution in [0.3, 0.4) is 0 Å². The summed E-state index contributed by atoms with van der Waals surface area (Å²) in [5, 5.41) is 8.94. The molecule has 5 rings (SSSR count). The Labute approximate surface area is 198 Å². The number of rotatable bonds is 4. The van der Waals surface area contributed by atoms with Crippen LogP contribution in [0.1, 0.15) is 37.4 Å². The Morgan fingerprint density at radius 3 is 2.79 bits per heavy atom. The number of hydrogen-bond donors (Lipinski definition) is 1. The first-order valence-electron chi connectivity index (χ1n) is 11.5. The summed E-state index contributed by atoms with van der Waals surface area (Å²) in [6, 6.07) is 5.70. The monoisotopic (exact) mass is 472 g/mol. The molecule has 2 fully saturated rings. The lowest BCUT2D eigenvalue weighted by Crippen LogP contribution is -2.56. The second-order valence-electron chi connectivity index (χ2n) is 9.68. The van der Waals surface area contributed by atoms with Gasteiger partial charge in [0.1, 0.15) is 12.0 Å². The van der Waals surface area contributed by atoms with Crippen molar-refractivity contribution < 1.29 is 9.13 Å². The minimum Gasteiger partial charge on any atom is -0.379 e. The van der Waals surface area contributed by atoms with Crippen LogP contribution in [-0.4, -0.2) is 62.7 Å². The predicted octanol–water partition coefficient (Wildman–Crippen LogP) is 4.62. The lowest BCUT2D eigenvalue weighted by Gasteiger charge is -2.45. The highest BCUT2D eigenvalue weighted by molar-refractivity contribution is 6.32. The van der Waals surface area contributed by atoms with Crippen molar-refractivity contribution in [2.75, 3.05) is 31.6 Å². The van der Waals surface area contributed by atoms with E-state index in [1.165, 1.54) is 0 Å². The Hall–Kier alpha value is -2.29. The lowest BCUT2D eigenvalue weighted by atomic mass is 9.82. The number of anilines is 2. The average molecular weight is 473 g/mol. The van der Waals surface area contributed by atoms with E-state index in [0.29, 0.717) is 36.5 Å². The van der Waals surface area contributed by atoms with Gasteiger partial charge in [0.05, 0.1) is 24.4 Å². The summed E-state index contributed by atoms with van der Waals surface area (Å²) in [4.78, 5) is 11.3. The van der Waals surface area contributed by atoms with Crippen molar-refractivity contribution in [2.24, 2.45) is 13.0 Å². The van der Waals surface area contributed by atoms with Gasteiger partial charge in [0.25, 0.3) is 0 Å². The molecule has 0 aliphatic carbocycles. The van der Waals surface area contributed by atoms with Gasteiger partial charge >= 0.3 is 0 Å². The molecule has 4 heterocycles. The summed E-state index contributed by atoms with van der Waals surface area (Å²) in [6.07, 6.45) is 1.44. The van der Waals surface area contributed by atoms with Crippen LogP contribution in [0.4, 0.5) is 16.2 Å². The molecule has 0 amide bonds. The number of fused-ring (bicyclic) bond motifs is 1. The van der Waals surface area contributed by atoms with E-state index in [1.54, 1.807) is 10.9 Å². The SMILES string of the molecule is Cc1cc(Nc2ncc3cc(Cl)c([C@@H]4CCN([C@@]5(C)COC[C@H]5C)C[C@H]4F)cc3n2)n(C)n1. The van der Waals surface area contributed by atoms with Crippen LogP contribution < -0.4 is 5.32 Å². The zero-order valence-electron chi connectivity index (χ0n) is 19.5. The Morgan fingerprint density at radius 1 is 1.30 bits per heavy atom. The Morgan fingerprint density at radius 2 is 2.12 bits per heavy atom. The van der Waals surface area contributed by atoms with E-state index in [-0.39, 0.29) is 11.5 Å². The minimum atomic E-state index is -1.00. The van der Waals surface area contributed by atoms with Gasteiger partial charge in [0.2, 0.25) is 5.95 Å². The summed E-state index contributed by atoms with van der Waals surface area (Å²) in [7, 11) is 1.86. The fourth-order valence-electron chi connectivity index (χ4n) is 5.14. The molecule has 2 aliphatic rings. The van der Waals surface area contributed by atoms with E-state index in [0.717, 1.165) is 41.1 Å². The van der Waals surface area contributed by atoms with E-state index in [9.17, 15) is 0 Å². The van der Waals surface area contributed by atoms with Crippen LogP contribution >= 0.6 is 11.6 Å². The summed E-state index contributed by atoms with van der Waals surface area (Å²) >= 11 is 6.63. The van der Waals surface area contributed by atoms with Gasteiger partial charge in [0, 0.05) is 47.7 Å². The van der Waals surface area contributed by atoms with Gasteiger partial charge in [-0.25, -0.2) is 14.4 Å².